The van der Waals surface area contributed by atoms with Gasteiger partial charge in [0.1, 0.15) is 24.0 Å². The fraction of sp³-hybridized carbons (Fsp3) is 0.439. The van der Waals surface area contributed by atoms with Crippen molar-refractivity contribution in [1.29, 1.82) is 0 Å². The molecule has 60 heavy (non-hydrogen) atoms. The van der Waals surface area contributed by atoms with Crippen molar-refractivity contribution in [3.8, 4) is 0 Å². The lowest BCUT2D eigenvalue weighted by molar-refractivity contribution is -0.197. The summed E-state index contributed by atoms with van der Waals surface area (Å²) in [5.41, 5.74) is 8.18. The van der Waals surface area contributed by atoms with Gasteiger partial charge in [-0.1, -0.05) is 36.8 Å². The Hall–Kier alpha value is -6.63. The molecule has 6 N–H and O–H groups in total. The zero-order valence-corrected chi connectivity index (χ0v) is 34.1. The van der Waals surface area contributed by atoms with Crippen molar-refractivity contribution in [2.45, 2.75) is 104 Å². The number of aliphatic hydroxyl groups is 1. The summed E-state index contributed by atoms with van der Waals surface area (Å²) < 4.78 is 7.50. The largest absolute Gasteiger partial charge is 0.445 e. The second-order valence-electron chi connectivity index (χ2n) is 15.1. The van der Waals surface area contributed by atoms with Gasteiger partial charge in [-0.15, -0.1) is 5.06 Å². The molecule has 4 aromatic rings. The Morgan fingerprint density at radius 3 is 2.32 bits per heavy atom. The molecule has 0 bridgehead atoms. The van der Waals surface area contributed by atoms with E-state index in [0.717, 1.165) is 5.39 Å². The van der Waals surface area contributed by atoms with E-state index in [2.05, 4.69) is 20.9 Å². The van der Waals surface area contributed by atoms with Gasteiger partial charge in [0.15, 0.2) is 5.82 Å². The molecule has 1 aliphatic heterocycles. The molecule has 0 spiro atoms. The third kappa shape index (κ3) is 12.0. The van der Waals surface area contributed by atoms with Crippen molar-refractivity contribution < 1.29 is 48.2 Å². The van der Waals surface area contributed by atoms with E-state index >= 15 is 0 Å². The van der Waals surface area contributed by atoms with E-state index in [1.807, 2.05) is 35.8 Å². The summed E-state index contributed by atoms with van der Waals surface area (Å²) in [6, 6.07) is 13.2. The first-order chi connectivity index (χ1) is 28.5. The number of unbranched alkanes of at least 4 members (excludes halogenated alkanes) is 2. The number of imidazole rings is 1. The number of carbonyl (C=O) groups is 7. The van der Waals surface area contributed by atoms with Gasteiger partial charge in [-0.2, -0.15) is 0 Å². The maximum Gasteiger partial charge on any atom is 0.410 e. The normalized spacial score (nSPS) is 13.3. The number of hydrogen-bond acceptors (Lipinski definition) is 13. The Bertz CT molecular complexity index is 2230. The molecule has 1 fully saturated rings. The van der Waals surface area contributed by atoms with Crippen molar-refractivity contribution in [3.63, 3.8) is 0 Å². The summed E-state index contributed by atoms with van der Waals surface area (Å²) in [4.78, 5) is 101. The Morgan fingerprint density at radius 2 is 1.63 bits per heavy atom. The van der Waals surface area contributed by atoms with Gasteiger partial charge in [0.25, 0.3) is 11.8 Å². The highest BCUT2D eigenvalue weighted by Crippen LogP contribution is 2.30. The standard InChI is InChI=1S/C41H51N9O10/c1-5-48(22-30-47-36-37(49(30)24-41(3,4)58)28-11-9-10-12-29(28)46-38(36)42)40(57)59-23-26-15-17-27(18-16-26)45-39(56)25(2)44-32(52)21-43-31(51)13-7-6-8-14-35(55)60-50-33(53)19-20-34(50)54/h9-12,15-18,25,58H,5-8,13-14,19-24H2,1-4H3,(H2,42,46)(H,43,51)(H,44,52)(H,45,56)/t25-/m0/s1. The zero-order chi connectivity index (χ0) is 43.6. The molecule has 0 saturated carbocycles. The van der Waals surface area contributed by atoms with Crippen molar-refractivity contribution in [2.24, 2.45) is 0 Å². The number of benzene rings is 2. The van der Waals surface area contributed by atoms with Gasteiger partial charge in [-0.05, 0) is 64.3 Å². The van der Waals surface area contributed by atoms with Crippen LogP contribution in [0, 0.1) is 0 Å². The summed E-state index contributed by atoms with van der Waals surface area (Å²) in [6.07, 6.45) is 0.846. The molecule has 0 radical (unpaired) electrons. The summed E-state index contributed by atoms with van der Waals surface area (Å²) in [6.45, 7) is 6.88. The molecular weight excluding hydrogens is 779 g/mol. The maximum atomic E-state index is 13.3. The third-order valence-electron chi connectivity index (χ3n) is 9.49. The SMILES string of the molecule is CCN(Cc1nc2c(N)nc3ccccc3c2n1CC(C)(C)O)C(=O)OCc1ccc(NC(=O)[C@H](C)NC(=O)CNC(=O)CCCCCC(=O)ON2C(=O)CCC2=O)cc1. The highest BCUT2D eigenvalue weighted by Gasteiger charge is 2.32. The van der Waals surface area contributed by atoms with Gasteiger partial charge in [0.2, 0.25) is 17.7 Å². The van der Waals surface area contributed by atoms with Crippen LogP contribution < -0.4 is 21.7 Å². The number of aromatic nitrogens is 3. The Balaban J connectivity index is 1.03. The molecule has 19 nitrogen and oxygen atoms in total. The van der Waals surface area contributed by atoms with E-state index in [1.165, 1.54) is 11.8 Å². The van der Waals surface area contributed by atoms with Gasteiger partial charge in [0, 0.05) is 43.3 Å². The first-order valence-corrected chi connectivity index (χ1v) is 19.7. The molecule has 19 heteroatoms. The number of nitrogens with zero attached hydrogens (tertiary/aromatic N) is 5. The Kier molecular flexibility index (Phi) is 14.7. The number of amides is 6. The number of nitrogens with one attached hydrogen (secondary N) is 3. The topological polar surface area (TPSA) is 257 Å². The number of rotatable bonds is 19. The number of fused-ring (bicyclic) bond motifs is 3. The highest BCUT2D eigenvalue weighted by molar-refractivity contribution is 6.06. The van der Waals surface area contributed by atoms with Crippen LogP contribution in [0.25, 0.3) is 21.9 Å². The van der Waals surface area contributed by atoms with Gasteiger partial charge < -0.3 is 45.8 Å². The van der Waals surface area contributed by atoms with Gasteiger partial charge in [-0.25, -0.2) is 19.6 Å². The Morgan fingerprint density at radius 1 is 0.950 bits per heavy atom. The number of pyridine rings is 1. The van der Waals surface area contributed by atoms with E-state index < -0.39 is 47.3 Å². The van der Waals surface area contributed by atoms with E-state index in [9.17, 15) is 38.7 Å². The van der Waals surface area contributed by atoms with E-state index in [0.29, 0.717) is 64.5 Å². The fourth-order valence-corrected chi connectivity index (χ4v) is 6.39. The number of anilines is 2. The molecule has 320 valence electrons. The van der Waals surface area contributed by atoms with Crippen LogP contribution in [-0.4, -0.2) is 95.9 Å². The second kappa shape index (κ2) is 19.9. The molecule has 6 amide bonds. The van der Waals surface area contributed by atoms with Crippen LogP contribution in [-0.2, 0) is 58.0 Å². The van der Waals surface area contributed by atoms with Crippen LogP contribution in [0.3, 0.4) is 0 Å². The lowest BCUT2D eigenvalue weighted by Gasteiger charge is -2.24. The first-order valence-electron chi connectivity index (χ1n) is 19.7. The number of ether oxygens (including phenoxy) is 1. The molecule has 2 aromatic carbocycles. The van der Waals surface area contributed by atoms with Crippen LogP contribution in [0.1, 0.15) is 84.0 Å². The average molecular weight is 830 g/mol. The third-order valence-corrected chi connectivity index (χ3v) is 9.49. The summed E-state index contributed by atoms with van der Waals surface area (Å²) in [7, 11) is 0. The van der Waals surface area contributed by atoms with Crippen molar-refractivity contribution in [2.75, 3.05) is 24.1 Å². The van der Waals surface area contributed by atoms with E-state index in [-0.39, 0.29) is 63.6 Å². The first kappa shape index (κ1) is 44.5. The molecule has 5 rings (SSSR count). The molecule has 1 atom stereocenters. The number of hydroxylamine groups is 2. The minimum atomic E-state index is -1.10. The molecular formula is C41H51N9O10. The Labute approximate surface area is 345 Å². The van der Waals surface area contributed by atoms with Crippen LogP contribution in [0.4, 0.5) is 16.3 Å². The van der Waals surface area contributed by atoms with Crippen LogP contribution in [0.2, 0.25) is 0 Å². The second-order valence-corrected chi connectivity index (χ2v) is 15.1. The number of para-hydroxylation sites is 1. The molecule has 0 aliphatic carbocycles. The zero-order valence-electron chi connectivity index (χ0n) is 34.1. The highest BCUT2D eigenvalue weighted by atomic mass is 16.7. The van der Waals surface area contributed by atoms with Crippen LogP contribution in [0.15, 0.2) is 48.5 Å². The molecule has 3 heterocycles. The molecule has 1 saturated heterocycles. The average Bonchev–Trinajstić information content (AvgIpc) is 3.72. The fourth-order valence-electron chi connectivity index (χ4n) is 6.39. The van der Waals surface area contributed by atoms with Gasteiger partial charge >= 0.3 is 12.1 Å². The predicted molar refractivity (Wildman–Crippen MR) is 218 cm³/mol. The molecule has 1 aliphatic rings. The quantitative estimate of drug-likeness (QED) is 0.0673. The number of nitrogens with two attached hydrogens (primary N) is 1. The lowest BCUT2D eigenvalue weighted by Crippen LogP contribution is -2.45. The van der Waals surface area contributed by atoms with E-state index in [1.54, 1.807) is 38.1 Å². The lowest BCUT2D eigenvalue weighted by atomic mass is 10.1. The van der Waals surface area contributed by atoms with Crippen molar-refractivity contribution in [3.05, 3.63) is 59.9 Å². The maximum absolute atomic E-state index is 13.3. The summed E-state index contributed by atoms with van der Waals surface area (Å²) in [5.74, 6) is -2.50. The minimum absolute atomic E-state index is 0.0138. The van der Waals surface area contributed by atoms with Crippen molar-refractivity contribution >= 4 is 75.0 Å². The number of nitrogen functional groups attached to an aromatic ring is 1. The summed E-state index contributed by atoms with van der Waals surface area (Å²) in [5, 5.41) is 19.8. The monoisotopic (exact) mass is 829 g/mol. The van der Waals surface area contributed by atoms with Gasteiger partial charge in [0.05, 0.1) is 36.3 Å². The predicted octanol–water partition coefficient (Wildman–Crippen LogP) is 3.21. The van der Waals surface area contributed by atoms with Crippen LogP contribution in [0.5, 0.6) is 0 Å². The summed E-state index contributed by atoms with van der Waals surface area (Å²) >= 11 is 0. The van der Waals surface area contributed by atoms with Crippen LogP contribution >= 0.6 is 0 Å². The number of carbonyl (C=O) groups excluding carboxylic acids is 7. The number of hydrogen-bond donors (Lipinski definition) is 5. The van der Waals surface area contributed by atoms with Crippen molar-refractivity contribution in [1.82, 2.24) is 35.1 Å². The van der Waals surface area contributed by atoms with E-state index in [4.69, 9.17) is 20.3 Å². The van der Waals surface area contributed by atoms with Gasteiger partial charge in [-0.3, -0.25) is 24.0 Å². The number of imide groups is 1. The minimum Gasteiger partial charge on any atom is -0.445 e. The molecule has 0 unspecified atom stereocenters. The molecule has 2 aromatic heterocycles. The smallest absolute Gasteiger partial charge is 0.410 e.